The molecule has 0 saturated heterocycles. The van der Waals surface area contributed by atoms with E-state index in [0.717, 1.165) is 19.6 Å². The van der Waals surface area contributed by atoms with Crippen LogP contribution in [0.25, 0.3) is 0 Å². The van der Waals surface area contributed by atoms with E-state index in [1.807, 2.05) is 0 Å². The molecule has 1 aliphatic rings. The summed E-state index contributed by atoms with van der Waals surface area (Å²) in [4.78, 5) is 6.81. The van der Waals surface area contributed by atoms with Gasteiger partial charge in [0.05, 0.1) is 6.54 Å². The van der Waals surface area contributed by atoms with Gasteiger partial charge in [0, 0.05) is 12.6 Å². The van der Waals surface area contributed by atoms with E-state index in [4.69, 9.17) is 5.73 Å². The van der Waals surface area contributed by atoms with Crippen molar-refractivity contribution in [3.05, 3.63) is 35.4 Å². The molecule has 0 amide bonds. The van der Waals surface area contributed by atoms with Crippen molar-refractivity contribution in [2.75, 3.05) is 13.1 Å². The van der Waals surface area contributed by atoms with Crippen LogP contribution in [0.15, 0.2) is 29.3 Å². The van der Waals surface area contributed by atoms with Gasteiger partial charge < -0.3 is 11.1 Å². The third-order valence-electron chi connectivity index (χ3n) is 3.65. The van der Waals surface area contributed by atoms with Crippen LogP contribution in [0.4, 0.5) is 0 Å². The zero-order valence-corrected chi connectivity index (χ0v) is 12.6. The highest BCUT2D eigenvalue weighted by Gasteiger charge is 2.21. The summed E-state index contributed by atoms with van der Waals surface area (Å²) in [7, 11) is 0. The Morgan fingerprint density at radius 1 is 1.30 bits per heavy atom. The largest absolute Gasteiger partial charge is 0.370 e. The van der Waals surface area contributed by atoms with Gasteiger partial charge in [0.2, 0.25) is 0 Å². The average molecular weight is 274 g/mol. The molecule has 1 aliphatic carbocycles. The maximum Gasteiger partial charge on any atom is 0.189 e. The van der Waals surface area contributed by atoms with E-state index in [9.17, 15) is 0 Å². The topological polar surface area (TPSA) is 53.6 Å². The number of benzene rings is 1. The fourth-order valence-electron chi connectivity index (χ4n) is 2.19. The smallest absolute Gasteiger partial charge is 0.189 e. The molecule has 20 heavy (non-hydrogen) atoms. The van der Waals surface area contributed by atoms with Crippen molar-refractivity contribution >= 4 is 5.96 Å². The number of aliphatic imine (C=N–C) groups is 1. The predicted octanol–water partition coefficient (Wildman–Crippen LogP) is 2.10. The van der Waals surface area contributed by atoms with Gasteiger partial charge in [-0.1, -0.05) is 38.1 Å². The van der Waals surface area contributed by atoms with E-state index >= 15 is 0 Å². The van der Waals surface area contributed by atoms with Crippen molar-refractivity contribution in [1.29, 1.82) is 0 Å². The van der Waals surface area contributed by atoms with Crippen molar-refractivity contribution in [2.45, 2.75) is 45.8 Å². The normalized spacial score (nSPS) is 15.7. The van der Waals surface area contributed by atoms with Crippen molar-refractivity contribution in [3.8, 4) is 0 Å². The lowest BCUT2D eigenvalue weighted by molar-refractivity contribution is 0.296. The highest BCUT2D eigenvalue weighted by Crippen LogP contribution is 2.18. The van der Waals surface area contributed by atoms with Crippen LogP contribution in [0.5, 0.6) is 0 Å². The third-order valence-corrected chi connectivity index (χ3v) is 3.65. The number of hydrogen-bond donors (Lipinski definition) is 2. The average Bonchev–Trinajstić information content (AvgIpc) is 3.27. The molecule has 1 aromatic rings. The Morgan fingerprint density at radius 2 is 2.00 bits per heavy atom. The monoisotopic (exact) mass is 274 g/mol. The molecule has 0 unspecified atom stereocenters. The van der Waals surface area contributed by atoms with Crippen LogP contribution < -0.4 is 11.1 Å². The Kier molecular flexibility index (Phi) is 5.41. The Labute approximate surface area is 122 Å². The number of nitrogens with two attached hydrogens (primary N) is 1. The summed E-state index contributed by atoms with van der Waals surface area (Å²) in [6.45, 7) is 8.20. The van der Waals surface area contributed by atoms with Crippen molar-refractivity contribution < 1.29 is 0 Å². The molecule has 0 aromatic heterocycles. The predicted molar refractivity (Wildman–Crippen MR) is 84.6 cm³/mol. The molecule has 110 valence electrons. The summed E-state index contributed by atoms with van der Waals surface area (Å²) in [6.07, 6.45) is 2.44. The molecule has 0 heterocycles. The van der Waals surface area contributed by atoms with Gasteiger partial charge >= 0.3 is 0 Å². The Morgan fingerprint density at radius 3 is 2.65 bits per heavy atom. The maximum absolute atomic E-state index is 5.85. The molecule has 3 N–H and O–H groups in total. The Hall–Kier alpha value is -1.55. The second-order valence-corrected chi connectivity index (χ2v) is 5.40. The molecule has 4 nitrogen and oxygen atoms in total. The minimum Gasteiger partial charge on any atom is -0.370 e. The molecule has 0 atom stereocenters. The Balaban J connectivity index is 1.91. The fourth-order valence-corrected chi connectivity index (χ4v) is 2.19. The molecule has 2 rings (SSSR count). The van der Waals surface area contributed by atoms with Crippen LogP contribution in [0.1, 0.15) is 37.8 Å². The first-order valence-corrected chi connectivity index (χ1v) is 7.58. The van der Waals surface area contributed by atoms with E-state index < -0.39 is 0 Å². The van der Waals surface area contributed by atoms with Gasteiger partial charge in [-0.3, -0.25) is 4.90 Å². The number of rotatable bonds is 7. The van der Waals surface area contributed by atoms with Gasteiger partial charge in [-0.05, 0) is 37.1 Å². The van der Waals surface area contributed by atoms with E-state index in [1.54, 1.807) is 0 Å². The molecular formula is C16H26N4. The van der Waals surface area contributed by atoms with Gasteiger partial charge in [0.25, 0.3) is 0 Å². The summed E-state index contributed by atoms with van der Waals surface area (Å²) in [6, 6.07) is 9.19. The van der Waals surface area contributed by atoms with Crippen LogP contribution >= 0.6 is 0 Å². The minimum absolute atomic E-state index is 0.563. The highest BCUT2D eigenvalue weighted by molar-refractivity contribution is 5.78. The summed E-state index contributed by atoms with van der Waals surface area (Å²) < 4.78 is 0. The van der Waals surface area contributed by atoms with Gasteiger partial charge in [0.15, 0.2) is 5.96 Å². The molecule has 0 aliphatic heterocycles. The van der Waals surface area contributed by atoms with Crippen LogP contribution in [0, 0.1) is 0 Å². The van der Waals surface area contributed by atoms with E-state index in [-0.39, 0.29) is 0 Å². The minimum atomic E-state index is 0.563. The number of hydrogen-bond acceptors (Lipinski definition) is 2. The molecule has 1 aromatic carbocycles. The zero-order chi connectivity index (χ0) is 14.4. The lowest BCUT2D eigenvalue weighted by Crippen LogP contribution is -2.33. The SMILES string of the molecule is CCN(CC)Cc1cccc(CN=C(N)NC2CC2)c1. The van der Waals surface area contributed by atoms with Crippen molar-refractivity contribution in [1.82, 2.24) is 10.2 Å². The van der Waals surface area contributed by atoms with Crippen molar-refractivity contribution in [3.63, 3.8) is 0 Å². The third kappa shape index (κ3) is 4.85. The van der Waals surface area contributed by atoms with Crippen LogP contribution in [0.2, 0.25) is 0 Å². The Bertz CT molecular complexity index is 448. The van der Waals surface area contributed by atoms with Gasteiger partial charge in [0.1, 0.15) is 0 Å². The fraction of sp³-hybridized carbons (Fsp3) is 0.562. The number of nitrogens with zero attached hydrogens (tertiary/aromatic N) is 2. The van der Waals surface area contributed by atoms with Crippen LogP contribution in [-0.4, -0.2) is 30.0 Å². The second kappa shape index (κ2) is 7.29. The van der Waals surface area contributed by atoms with E-state index in [1.165, 1.54) is 24.0 Å². The maximum atomic E-state index is 5.85. The van der Waals surface area contributed by atoms with Crippen LogP contribution in [-0.2, 0) is 13.1 Å². The first-order valence-electron chi connectivity index (χ1n) is 7.58. The van der Waals surface area contributed by atoms with Gasteiger partial charge in [-0.15, -0.1) is 0 Å². The quantitative estimate of drug-likeness (QED) is 0.591. The lowest BCUT2D eigenvalue weighted by Gasteiger charge is -2.18. The van der Waals surface area contributed by atoms with E-state index in [2.05, 4.69) is 53.3 Å². The van der Waals surface area contributed by atoms with E-state index in [0.29, 0.717) is 18.5 Å². The summed E-state index contributed by atoms with van der Waals surface area (Å²) >= 11 is 0. The standard InChI is InChI=1S/C16H26N4/c1-3-20(4-2)12-14-7-5-6-13(10-14)11-18-16(17)19-15-8-9-15/h5-7,10,15H,3-4,8-9,11-12H2,1-2H3,(H3,17,18,19). The molecule has 1 fully saturated rings. The molecular weight excluding hydrogens is 248 g/mol. The van der Waals surface area contributed by atoms with Gasteiger partial charge in [-0.2, -0.15) is 0 Å². The van der Waals surface area contributed by atoms with Gasteiger partial charge in [-0.25, -0.2) is 4.99 Å². The lowest BCUT2D eigenvalue weighted by atomic mass is 10.1. The summed E-state index contributed by atoms with van der Waals surface area (Å²) in [5, 5.41) is 3.21. The van der Waals surface area contributed by atoms with Crippen LogP contribution in [0.3, 0.4) is 0 Å². The first kappa shape index (κ1) is 14.9. The number of guanidine groups is 1. The number of nitrogens with one attached hydrogen (secondary N) is 1. The molecule has 1 saturated carbocycles. The zero-order valence-electron chi connectivity index (χ0n) is 12.6. The molecule has 0 bridgehead atoms. The summed E-state index contributed by atoms with van der Waals surface area (Å²) in [5.74, 6) is 0.571. The highest BCUT2D eigenvalue weighted by atomic mass is 15.1. The molecule has 0 spiro atoms. The second-order valence-electron chi connectivity index (χ2n) is 5.40. The van der Waals surface area contributed by atoms with Crippen molar-refractivity contribution in [2.24, 2.45) is 10.7 Å². The first-order chi connectivity index (χ1) is 9.71. The summed E-state index contributed by atoms with van der Waals surface area (Å²) in [5.41, 5.74) is 8.42. The molecule has 0 radical (unpaired) electrons. The molecule has 4 heteroatoms.